The van der Waals surface area contributed by atoms with Gasteiger partial charge in [-0.1, -0.05) is 31.4 Å². The van der Waals surface area contributed by atoms with Crippen molar-refractivity contribution in [2.45, 2.75) is 51.6 Å². The number of nitrogens with zero attached hydrogens (tertiary/aromatic N) is 1. The second-order valence-electron chi connectivity index (χ2n) is 5.66. The Morgan fingerprint density at radius 3 is 2.90 bits per heavy atom. The van der Waals surface area contributed by atoms with Crippen molar-refractivity contribution >= 4 is 0 Å². The second kappa shape index (κ2) is 7.91. The highest BCUT2D eigenvalue weighted by molar-refractivity contribution is 5.28. The van der Waals surface area contributed by atoms with E-state index in [4.69, 9.17) is 10.00 Å². The summed E-state index contributed by atoms with van der Waals surface area (Å²) in [6.45, 7) is 3.27. The van der Waals surface area contributed by atoms with Crippen molar-refractivity contribution < 1.29 is 4.74 Å². The van der Waals surface area contributed by atoms with E-state index in [-0.39, 0.29) is 6.61 Å². The van der Waals surface area contributed by atoms with Crippen LogP contribution < -0.4 is 10.1 Å². The third-order valence-electron chi connectivity index (χ3n) is 4.19. The molecule has 1 atom stereocenters. The van der Waals surface area contributed by atoms with Crippen LogP contribution in [-0.4, -0.2) is 12.6 Å². The molecule has 1 N–H and O–H groups in total. The van der Waals surface area contributed by atoms with Gasteiger partial charge in [0.1, 0.15) is 11.8 Å². The standard InChI is InChI=1S/C17H24N2O/c1-14(16-7-3-2-4-8-16)19-13-15-6-5-9-17(12-15)20-11-10-18/h5-6,9,12,14,16,19H,2-4,7-8,11,13H2,1H3. The molecular formula is C17H24N2O. The van der Waals surface area contributed by atoms with Crippen LogP contribution in [0.2, 0.25) is 0 Å². The minimum Gasteiger partial charge on any atom is -0.479 e. The third-order valence-corrected chi connectivity index (χ3v) is 4.19. The van der Waals surface area contributed by atoms with Crippen LogP contribution in [0.1, 0.15) is 44.6 Å². The maximum atomic E-state index is 8.53. The largest absolute Gasteiger partial charge is 0.479 e. The van der Waals surface area contributed by atoms with E-state index in [2.05, 4.69) is 18.3 Å². The zero-order chi connectivity index (χ0) is 14.2. The van der Waals surface area contributed by atoms with Gasteiger partial charge in [-0.25, -0.2) is 0 Å². The fraction of sp³-hybridized carbons (Fsp3) is 0.588. The lowest BCUT2D eigenvalue weighted by Gasteiger charge is -2.28. The summed E-state index contributed by atoms with van der Waals surface area (Å²) < 4.78 is 5.33. The summed E-state index contributed by atoms with van der Waals surface area (Å²) in [6.07, 6.45) is 6.89. The van der Waals surface area contributed by atoms with Gasteiger partial charge in [0.2, 0.25) is 0 Å². The molecule has 0 aliphatic heterocycles. The molecule has 108 valence electrons. The number of benzene rings is 1. The van der Waals surface area contributed by atoms with Gasteiger partial charge >= 0.3 is 0 Å². The first-order chi connectivity index (χ1) is 9.79. The lowest BCUT2D eigenvalue weighted by Crippen LogP contribution is -2.34. The monoisotopic (exact) mass is 272 g/mol. The van der Waals surface area contributed by atoms with Crippen LogP contribution in [0.5, 0.6) is 5.75 Å². The van der Waals surface area contributed by atoms with Gasteiger partial charge in [-0.15, -0.1) is 0 Å². The predicted octanol–water partition coefficient (Wildman–Crippen LogP) is 3.65. The van der Waals surface area contributed by atoms with E-state index < -0.39 is 0 Å². The van der Waals surface area contributed by atoms with E-state index >= 15 is 0 Å². The minimum absolute atomic E-state index is 0.107. The topological polar surface area (TPSA) is 45.0 Å². The van der Waals surface area contributed by atoms with Gasteiger partial charge < -0.3 is 10.1 Å². The Labute approximate surface area is 121 Å². The van der Waals surface area contributed by atoms with Crippen molar-refractivity contribution in [2.75, 3.05) is 6.61 Å². The molecule has 0 saturated heterocycles. The molecule has 0 bridgehead atoms. The minimum atomic E-state index is 0.107. The Morgan fingerprint density at radius 2 is 2.15 bits per heavy atom. The molecule has 0 radical (unpaired) electrons. The third kappa shape index (κ3) is 4.54. The Morgan fingerprint density at radius 1 is 1.35 bits per heavy atom. The molecule has 0 aromatic heterocycles. The maximum Gasteiger partial charge on any atom is 0.174 e. The molecule has 2 rings (SSSR count). The van der Waals surface area contributed by atoms with Crippen LogP contribution in [0.25, 0.3) is 0 Å². The smallest absolute Gasteiger partial charge is 0.174 e. The average Bonchev–Trinajstić information content (AvgIpc) is 2.52. The normalized spacial score (nSPS) is 17.4. The van der Waals surface area contributed by atoms with Crippen LogP contribution in [-0.2, 0) is 6.54 Å². The average molecular weight is 272 g/mol. The maximum absolute atomic E-state index is 8.53. The van der Waals surface area contributed by atoms with Crippen LogP contribution in [0.15, 0.2) is 24.3 Å². The Hall–Kier alpha value is -1.53. The first-order valence-corrected chi connectivity index (χ1v) is 7.61. The van der Waals surface area contributed by atoms with E-state index in [9.17, 15) is 0 Å². The molecule has 1 fully saturated rings. The number of ether oxygens (including phenoxy) is 1. The second-order valence-corrected chi connectivity index (χ2v) is 5.66. The molecule has 0 spiro atoms. The Kier molecular flexibility index (Phi) is 5.88. The summed E-state index contributed by atoms with van der Waals surface area (Å²) in [5.74, 6) is 1.60. The van der Waals surface area contributed by atoms with Crippen LogP contribution in [0.3, 0.4) is 0 Å². The zero-order valence-electron chi connectivity index (χ0n) is 12.3. The molecule has 1 aliphatic rings. The molecular weight excluding hydrogens is 248 g/mol. The van der Waals surface area contributed by atoms with Gasteiger partial charge in [-0.3, -0.25) is 0 Å². The highest BCUT2D eigenvalue weighted by Gasteiger charge is 2.19. The lowest BCUT2D eigenvalue weighted by molar-refractivity contribution is 0.280. The van der Waals surface area contributed by atoms with E-state index in [0.717, 1.165) is 18.2 Å². The molecule has 1 unspecified atom stereocenters. The van der Waals surface area contributed by atoms with Crippen molar-refractivity contribution in [3.63, 3.8) is 0 Å². The lowest BCUT2D eigenvalue weighted by atomic mass is 9.84. The summed E-state index contributed by atoms with van der Waals surface area (Å²) in [6, 6.07) is 10.5. The Bertz CT molecular complexity index is 447. The number of hydrogen-bond acceptors (Lipinski definition) is 3. The van der Waals surface area contributed by atoms with Gasteiger partial charge in [0, 0.05) is 12.6 Å². The fourth-order valence-electron chi connectivity index (χ4n) is 2.94. The number of nitriles is 1. The number of nitrogens with one attached hydrogen (secondary N) is 1. The molecule has 1 aliphatic carbocycles. The van der Waals surface area contributed by atoms with Crippen LogP contribution >= 0.6 is 0 Å². The molecule has 0 heterocycles. The summed E-state index contributed by atoms with van der Waals surface area (Å²) in [5, 5.41) is 12.2. The molecule has 3 heteroatoms. The molecule has 1 aromatic rings. The van der Waals surface area contributed by atoms with Gasteiger partial charge in [-0.2, -0.15) is 5.26 Å². The molecule has 0 amide bonds. The molecule has 1 aromatic carbocycles. The van der Waals surface area contributed by atoms with Crippen molar-refractivity contribution in [3.8, 4) is 11.8 Å². The highest BCUT2D eigenvalue weighted by Crippen LogP contribution is 2.26. The highest BCUT2D eigenvalue weighted by atomic mass is 16.5. The SMILES string of the molecule is CC(NCc1cccc(OCC#N)c1)C1CCCCC1. The van der Waals surface area contributed by atoms with Crippen molar-refractivity contribution in [1.82, 2.24) is 5.32 Å². The van der Waals surface area contributed by atoms with Gasteiger partial charge in [-0.05, 0) is 43.4 Å². The first kappa shape index (κ1) is 14.9. The summed E-state index contributed by atoms with van der Waals surface area (Å²) >= 11 is 0. The number of hydrogen-bond donors (Lipinski definition) is 1. The van der Waals surface area contributed by atoms with Crippen LogP contribution in [0.4, 0.5) is 0 Å². The van der Waals surface area contributed by atoms with Gasteiger partial charge in [0.05, 0.1) is 0 Å². The van der Waals surface area contributed by atoms with Gasteiger partial charge in [0.15, 0.2) is 6.61 Å². The van der Waals surface area contributed by atoms with E-state index in [0.29, 0.717) is 6.04 Å². The summed E-state index contributed by atoms with van der Waals surface area (Å²) in [7, 11) is 0. The first-order valence-electron chi connectivity index (χ1n) is 7.61. The summed E-state index contributed by atoms with van der Waals surface area (Å²) in [5.41, 5.74) is 1.21. The zero-order valence-corrected chi connectivity index (χ0v) is 12.3. The predicted molar refractivity (Wildman–Crippen MR) is 80.4 cm³/mol. The van der Waals surface area contributed by atoms with E-state index in [1.165, 1.54) is 37.7 Å². The quantitative estimate of drug-likeness (QED) is 0.859. The van der Waals surface area contributed by atoms with Crippen molar-refractivity contribution in [2.24, 2.45) is 5.92 Å². The molecule has 3 nitrogen and oxygen atoms in total. The molecule has 20 heavy (non-hydrogen) atoms. The Balaban J connectivity index is 1.82. The van der Waals surface area contributed by atoms with Crippen molar-refractivity contribution in [1.29, 1.82) is 5.26 Å². The summed E-state index contributed by atoms with van der Waals surface area (Å²) in [4.78, 5) is 0. The van der Waals surface area contributed by atoms with E-state index in [1.54, 1.807) is 0 Å². The van der Waals surface area contributed by atoms with E-state index in [1.807, 2.05) is 24.3 Å². The number of rotatable bonds is 6. The van der Waals surface area contributed by atoms with Gasteiger partial charge in [0.25, 0.3) is 0 Å². The van der Waals surface area contributed by atoms with Crippen molar-refractivity contribution in [3.05, 3.63) is 29.8 Å². The fourth-order valence-corrected chi connectivity index (χ4v) is 2.94. The molecule has 1 saturated carbocycles. The van der Waals surface area contributed by atoms with Crippen LogP contribution in [0, 0.1) is 17.2 Å².